The number of thiophene rings is 1. The van der Waals surface area contributed by atoms with Crippen LogP contribution >= 0.6 is 11.3 Å². The zero-order chi connectivity index (χ0) is 29.7. The quantitative estimate of drug-likeness (QED) is 0.129. The molecule has 43 heavy (non-hydrogen) atoms. The van der Waals surface area contributed by atoms with Gasteiger partial charge in [0, 0.05) is 0 Å². The summed E-state index contributed by atoms with van der Waals surface area (Å²) in [5.41, 5.74) is 8.50. The molecule has 0 radical (unpaired) electrons. The van der Waals surface area contributed by atoms with Crippen molar-refractivity contribution in [1.82, 2.24) is 10.9 Å². The largest absolute Gasteiger partial charge is 0.483 e. The highest BCUT2D eigenvalue weighted by Gasteiger charge is 2.30. The Morgan fingerprint density at radius 3 is 1.28 bits per heavy atom. The number of ether oxygens (including phenoxy) is 2. The van der Waals surface area contributed by atoms with Gasteiger partial charge in [-0.15, -0.1) is 11.3 Å². The molecular formula is C34H28N4O4S. The summed E-state index contributed by atoms with van der Waals surface area (Å²) >= 11 is 0.943. The zero-order valence-corrected chi connectivity index (χ0v) is 23.9. The minimum atomic E-state index is -0.545. The molecule has 0 saturated carbocycles. The van der Waals surface area contributed by atoms with Gasteiger partial charge in [0.1, 0.15) is 23.0 Å². The van der Waals surface area contributed by atoms with E-state index in [0.29, 0.717) is 0 Å². The first-order valence-electron chi connectivity index (χ1n) is 13.4. The third kappa shape index (κ3) is 8.25. The number of hydrogen-bond donors (Lipinski definition) is 2. The van der Waals surface area contributed by atoms with Gasteiger partial charge < -0.3 is 9.47 Å². The number of nitrogens with zero attached hydrogens (tertiary/aromatic N) is 2. The molecule has 1 aromatic heterocycles. The highest BCUT2D eigenvalue weighted by Crippen LogP contribution is 2.43. The Labute approximate surface area is 253 Å². The van der Waals surface area contributed by atoms with Crippen molar-refractivity contribution in [2.45, 2.75) is 13.2 Å². The van der Waals surface area contributed by atoms with Crippen LogP contribution in [0.5, 0.6) is 11.5 Å². The Balaban J connectivity index is 1.46. The van der Waals surface area contributed by atoms with Gasteiger partial charge in [-0.25, -0.2) is 10.9 Å². The summed E-state index contributed by atoms with van der Waals surface area (Å²) in [6.07, 6.45) is 3.07. The van der Waals surface area contributed by atoms with Crippen molar-refractivity contribution < 1.29 is 19.1 Å². The number of amides is 2. The van der Waals surface area contributed by atoms with Gasteiger partial charge in [0.05, 0.1) is 12.4 Å². The predicted octanol–water partition coefficient (Wildman–Crippen LogP) is 6.43. The van der Waals surface area contributed by atoms with Gasteiger partial charge in [-0.3, -0.25) is 9.59 Å². The van der Waals surface area contributed by atoms with Crippen molar-refractivity contribution >= 4 is 35.6 Å². The number of nitrogens with one attached hydrogen (secondary N) is 2. The van der Waals surface area contributed by atoms with Crippen LogP contribution in [0.3, 0.4) is 0 Å². The smallest absolute Gasteiger partial charge is 0.285 e. The van der Waals surface area contributed by atoms with Gasteiger partial charge in [-0.1, -0.05) is 121 Å². The van der Waals surface area contributed by atoms with Crippen LogP contribution in [0.25, 0.3) is 0 Å². The molecule has 0 atom stereocenters. The third-order valence-corrected chi connectivity index (χ3v) is 7.20. The molecule has 0 aliphatic heterocycles. The topological polar surface area (TPSA) is 101 Å². The maximum absolute atomic E-state index is 13.4. The number of hydrazone groups is 2. The number of benzene rings is 4. The molecule has 0 bridgehead atoms. The lowest BCUT2D eigenvalue weighted by Crippen LogP contribution is -2.17. The molecule has 9 heteroatoms. The predicted molar refractivity (Wildman–Crippen MR) is 169 cm³/mol. The maximum atomic E-state index is 13.4. The molecule has 0 aliphatic rings. The summed E-state index contributed by atoms with van der Waals surface area (Å²) in [5.74, 6) is -0.794. The van der Waals surface area contributed by atoms with Crippen molar-refractivity contribution in [2.75, 3.05) is 0 Å². The summed E-state index contributed by atoms with van der Waals surface area (Å²) in [6, 6.07) is 37.8. The second kappa shape index (κ2) is 14.9. The standard InChI is InChI=1S/C34H28N4O4S/c39-33(37-35-21-25-13-5-1-6-14-25)31-29(41-23-27-17-9-3-10-18-27)30(42-24-28-19-11-4-12-20-28)32(43-31)34(40)38-36-22-26-15-7-2-8-16-26/h1-22H,23-24H2,(H,37,39)(H,38,40)/b35-21-,36-22-. The van der Waals surface area contributed by atoms with E-state index in [4.69, 9.17) is 9.47 Å². The summed E-state index contributed by atoms with van der Waals surface area (Å²) in [5, 5.41) is 8.20. The first kappa shape index (κ1) is 29.0. The minimum Gasteiger partial charge on any atom is -0.483 e. The second-order valence-electron chi connectivity index (χ2n) is 9.19. The Bertz CT molecular complexity index is 1560. The van der Waals surface area contributed by atoms with Crippen LogP contribution in [-0.4, -0.2) is 24.2 Å². The molecular weight excluding hydrogens is 560 g/mol. The van der Waals surface area contributed by atoms with Gasteiger partial charge in [0.15, 0.2) is 11.5 Å². The first-order chi connectivity index (χ1) is 21.2. The lowest BCUT2D eigenvalue weighted by molar-refractivity contribution is 0.0944. The van der Waals surface area contributed by atoms with Crippen LogP contribution in [0.1, 0.15) is 41.6 Å². The van der Waals surface area contributed by atoms with E-state index in [9.17, 15) is 9.59 Å². The fourth-order valence-electron chi connectivity index (χ4n) is 3.93. The fraction of sp³-hybridized carbons (Fsp3) is 0.0588. The SMILES string of the molecule is O=C(N/N=C\c1ccccc1)c1sc(C(=O)N/N=C\c2ccccc2)c(OCc2ccccc2)c1OCc1ccccc1. The lowest BCUT2D eigenvalue weighted by atomic mass is 10.2. The van der Waals surface area contributed by atoms with Gasteiger partial charge in [0.2, 0.25) is 0 Å². The van der Waals surface area contributed by atoms with Crippen LogP contribution in [0.4, 0.5) is 0 Å². The number of hydrogen-bond acceptors (Lipinski definition) is 7. The van der Waals surface area contributed by atoms with Crippen LogP contribution in [0.2, 0.25) is 0 Å². The molecule has 5 rings (SSSR count). The van der Waals surface area contributed by atoms with Crippen molar-refractivity contribution in [1.29, 1.82) is 0 Å². The molecule has 8 nitrogen and oxygen atoms in total. The van der Waals surface area contributed by atoms with Crippen LogP contribution in [0.15, 0.2) is 132 Å². The molecule has 0 aliphatic carbocycles. The van der Waals surface area contributed by atoms with Crippen molar-refractivity contribution in [2.24, 2.45) is 10.2 Å². The Hall–Kier alpha value is -5.54. The maximum Gasteiger partial charge on any atom is 0.285 e. The molecule has 2 N–H and O–H groups in total. The Kier molecular flexibility index (Phi) is 10.0. The number of carbonyl (C=O) groups excluding carboxylic acids is 2. The zero-order valence-electron chi connectivity index (χ0n) is 23.1. The minimum absolute atomic E-state index is 0.140. The van der Waals surface area contributed by atoms with Crippen LogP contribution < -0.4 is 20.3 Å². The average molecular weight is 589 g/mol. The van der Waals surface area contributed by atoms with Gasteiger partial charge in [-0.2, -0.15) is 10.2 Å². The summed E-state index contributed by atoms with van der Waals surface area (Å²) in [4.78, 5) is 27.1. The molecule has 0 fully saturated rings. The van der Waals surface area contributed by atoms with Crippen molar-refractivity contribution in [3.63, 3.8) is 0 Å². The molecule has 0 unspecified atom stereocenters. The molecule has 4 aromatic carbocycles. The van der Waals surface area contributed by atoms with Crippen molar-refractivity contribution in [3.8, 4) is 11.5 Å². The average Bonchev–Trinajstić information content (AvgIpc) is 3.43. The van der Waals surface area contributed by atoms with E-state index in [1.807, 2.05) is 121 Å². The fourth-order valence-corrected chi connectivity index (χ4v) is 4.90. The van der Waals surface area contributed by atoms with E-state index in [1.54, 1.807) is 0 Å². The summed E-state index contributed by atoms with van der Waals surface area (Å²) < 4.78 is 12.4. The van der Waals surface area contributed by atoms with Gasteiger partial charge in [0.25, 0.3) is 11.8 Å². The normalized spacial score (nSPS) is 11.0. The highest BCUT2D eigenvalue weighted by atomic mass is 32.1. The monoisotopic (exact) mass is 588 g/mol. The molecule has 1 heterocycles. The van der Waals surface area contributed by atoms with Gasteiger partial charge in [-0.05, 0) is 22.3 Å². The van der Waals surface area contributed by atoms with Crippen LogP contribution in [-0.2, 0) is 13.2 Å². The number of rotatable bonds is 12. The van der Waals surface area contributed by atoms with Crippen molar-refractivity contribution in [3.05, 3.63) is 153 Å². The molecule has 2 amide bonds. The first-order valence-corrected chi connectivity index (χ1v) is 14.3. The molecule has 0 saturated heterocycles. The summed E-state index contributed by atoms with van der Waals surface area (Å²) in [7, 11) is 0. The highest BCUT2D eigenvalue weighted by molar-refractivity contribution is 7.16. The van der Waals surface area contributed by atoms with E-state index >= 15 is 0 Å². The van der Waals surface area contributed by atoms with E-state index in [-0.39, 0.29) is 34.5 Å². The van der Waals surface area contributed by atoms with E-state index in [0.717, 1.165) is 33.6 Å². The van der Waals surface area contributed by atoms with Gasteiger partial charge >= 0.3 is 0 Å². The Morgan fingerprint density at radius 1 is 0.558 bits per heavy atom. The second-order valence-corrected chi connectivity index (χ2v) is 10.2. The van der Waals surface area contributed by atoms with E-state index < -0.39 is 11.8 Å². The molecule has 5 aromatic rings. The molecule has 0 spiro atoms. The third-order valence-electron chi connectivity index (χ3n) is 6.05. The Morgan fingerprint density at radius 2 is 0.907 bits per heavy atom. The summed E-state index contributed by atoms with van der Waals surface area (Å²) in [6.45, 7) is 0.306. The molecule has 214 valence electrons. The number of carbonyl (C=O) groups is 2. The van der Waals surface area contributed by atoms with Crippen LogP contribution in [0, 0.1) is 0 Å². The van der Waals surface area contributed by atoms with E-state index in [2.05, 4.69) is 21.1 Å². The lowest BCUT2D eigenvalue weighted by Gasteiger charge is -2.12. The van der Waals surface area contributed by atoms with E-state index in [1.165, 1.54) is 12.4 Å².